The van der Waals surface area contributed by atoms with Crippen LogP contribution in [0.3, 0.4) is 0 Å². The predicted molar refractivity (Wildman–Crippen MR) is 91.7 cm³/mol. The average molecular weight is 394 g/mol. The Labute approximate surface area is 138 Å². The SMILES string of the molecule is I.NC(=NC1CC(N2CCCCC2)C1)N1CCOCC1. The van der Waals surface area contributed by atoms with Gasteiger partial charge in [0.05, 0.1) is 19.3 Å². The van der Waals surface area contributed by atoms with Crippen molar-refractivity contribution in [3.63, 3.8) is 0 Å². The summed E-state index contributed by atoms with van der Waals surface area (Å²) >= 11 is 0. The Balaban J connectivity index is 0.00000147. The number of nitrogens with zero attached hydrogens (tertiary/aromatic N) is 3. The van der Waals surface area contributed by atoms with Crippen LogP contribution in [0.25, 0.3) is 0 Å². The van der Waals surface area contributed by atoms with E-state index in [-0.39, 0.29) is 24.0 Å². The first kappa shape index (κ1) is 16.3. The lowest BCUT2D eigenvalue weighted by Gasteiger charge is -2.43. The van der Waals surface area contributed by atoms with Crippen molar-refractivity contribution in [2.24, 2.45) is 10.7 Å². The summed E-state index contributed by atoms with van der Waals surface area (Å²) in [6, 6.07) is 1.22. The van der Waals surface area contributed by atoms with Crippen molar-refractivity contribution in [3.05, 3.63) is 0 Å². The van der Waals surface area contributed by atoms with Crippen LogP contribution in [0, 0.1) is 0 Å². The van der Waals surface area contributed by atoms with E-state index in [1.807, 2.05) is 0 Å². The lowest BCUT2D eigenvalue weighted by atomic mass is 9.85. The van der Waals surface area contributed by atoms with Gasteiger partial charge < -0.3 is 20.3 Å². The Morgan fingerprint density at radius 3 is 2.30 bits per heavy atom. The summed E-state index contributed by atoms with van der Waals surface area (Å²) < 4.78 is 5.33. The van der Waals surface area contributed by atoms with Gasteiger partial charge in [0.2, 0.25) is 0 Å². The fraction of sp³-hybridized carbons (Fsp3) is 0.929. The molecule has 0 aromatic rings. The average Bonchev–Trinajstić information content (AvgIpc) is 2.44. The smallest absolute Gasteiger partial charge is 0.191 e. The molecule has 116 valence electrons. The normalized spacial score (nSPS) is 32.4. The maximum Gasteiger partial charge on any atom is 0.191 e. The highest BCUT2D eigenvalue weighted by Crippen LogP contribution is 2.30. The van der Waals surface area contributed by atoms with Crippen molar-refractivity contribution < 1.29 is 4.74 Å². The molecule has 0 radical (unpaired) electrons. The molecule has 3 rings (SSSR count). The van der Waals surface area contributed by atoms with E-state index >= 15 is 0 Å². The Kier molecular flexibility index (Phi) is 6.35. The zero-order chi connectivity index (χ0) is 13.1. The van der Waals surface area contributed by atoms with Crippen molar-refractivity contribution >= 4 is 29.9 Å². The van der Waals surface area contributed by atoms with Crippen molar-refractivity contribution in [3.8, 4) is 0 Å². The first-order valence-corrected chi connectivity index (χ1v) is 7.73. The number of aliphatic imine (C=N–C) groups is 1. The van der Waals surface area contributed by atoms with Crippen LogP contribution >= 0.6 is 24.0 Å². The van der Waals surface area contributed by atoms with Crippen LogP contribution in [-0.2, 0) is 4.74 Å². The highest BCUT2D eigenvalue weighted by atomic mass is 127. The summed E-state index contributed by atoms with van der Waals surface area (Å²) in [5.74, 6) is 0.727. The van der Waals surface area contributed by atoms with Crippen LogP contribution in [-0.4, -0.2) is 67.2 Å². The van der Waals surface area contributed by atoms with Crippen LogP contribution in [0.5, 0.6) is 0 Å². The lowest BCUT2D eigenvalue weighted by Crippen LogP contribution is -2.50. The van der Waals surface area contributed by atoms with E-state index in [1.165, 1.54) is 45.2 Å². The molecule has 0 bridgehead atoms. The summed E-state index contributed by atoms with van der Waals surface area (Å²) in [4.78, 5) is 9.49. The monoisotopic (exact) mass is 394 g/mol. The molecule has 0 amide bonds. The van der Waals surface area contributed by atoms with Gasteiger partial charge in [-0.2, -0.15) is 0 Å². The van der Waals surface area contributed by atoms with E-state index < -0.39 is 0 Å². The minimum Gasteiger partial charge on any atom is -0.378 e. The number of hydrogen-bond donors (Lipinski definition) is 1. The molecule has 2 saturated heterocycles. The third kappa shape index (κ3) is 3.98. The van der Waals surface area contributed by atoms with Gasteiger partial charge in [-0.25, -0.2) is 4.99 Å². The second kappa shape index (κ2) is 7.79. The molecular weight excluding hydrogens is 367 g/mol. The number of piperidine rings is 1. The molecule has 3 fully saturated rings. The molecule has 5 nitrogen and oxygen atoms in total. The van der Waals surface area contributed by atoms with Crippen LogP contribution in [0.2, 0.25) is 0 Å². The zero-order valence-electron chi connectivity index (χ0n) is 12.2. The summed E-state index contributed by atoms with van der Waals surface area (Å²) in [7, 11) is 0. The molecule has 0 spiro atoms. The molecule has 2 heterocycles. The van der Waals surface area contributed by atoms with Crippen molar-refractivity contribution in [1.29, 1.82) is 0 Å². The summed E-state index contributed by atoms with van der Waals surface area (Å²) in [5.41, 5.74) is 6.09. The Morgan fingerprint density at radius 1 is 1.00 bits per heavy atom. The van der Waals surface area contributed by atoms with E-state index in [4.69, 9.17) is 10.5 Å². The third-order valence-corrected chi connectivity index (χ3v) is 4.65. The molecule has 1 aliphatic carbocycles. The number of rotatable bonds is 2. The molecule has 0 aromatic heterocycles. The Bertz CT molecular complexity index is 321. The number of likely N-dealkylation sites (tertiary alicyclic amines) is 1. The van der Waals surface area contributed by atoms with E-state index in [0.717, 1.165) is 38.3 Å². The van der Waals surface area contributed by atoms with Crippen LogP contribution in [0.1, 0.15) is 32.1 Å². The predicted octanol–water partition coefficient (Wildman–Crippen LogP) is 1.27. The standard InChI is InChI=1S/C14H26N4O.HI/c15-14(18-6-8-19-9-7-18)16-12-10-13(11-12)17-4-2-1-3-5-17;/h12-13H,1-11H2,(H2,15,16);1H. The highest BCUT2D eigenvalue weighted by Gasteiger charge is 2.34. The fourth-order valence-corrected chi connectivity index (χ4v) is 3.31. The van der Waals surface area contributed by atoms with E-state index in [2.05, 4.69) is 14.8 Å². The molecular formula is C14H27IN4O. The van der Waals surface area contributed by atoms with Gasteiger partial charge in [0.25, 0.3) is 0 Å². The molecule has 0 aromatic carbocycles. The number of guanidine groups is 1. The topological polar surface area (TPSA) is 54.1 Å². The first-order chi connectivity index (χ1) is 9.33. The number of hydrogen-bond acceptors (Lipinski definition) is 3. The van der Waals surface area contributed by atoms with Crippen molar-refractivity contribution in [1.82, 2.24) is 9.80 Å². The number of ether oxygens (including phenoxy) is 1. The van der Waals surface area contributed by atoms with Gasteiger partial charge in [-0.1, -0.05) is 6.42 Å². The second-order valence-corrected chi connectivity index (χ2v) is 5.96. The number of nitrogens with two attached hydrogens (primary N) is 1. The summed E-state index contributed by atoms with van der Waals surface area (Å²) in [6.45, 7) is 5.91. The summed E-state index contributed by atoms with van der Waals surface area (Å²) in [5, 5.41) is 0. The Morgan fingerprint density at radius 2 is 1.65 bits per heavy atom. The second-order valence-electron chi connectivity index (χ2n) is 5.96. The minimum atomic E-state index is 0. The van der Waals surface area contributed by atoms with Gasteiger partial charge in [0, 0.05) is 19.1 Å². The molecule has 1 saturated carbocycles. The maximum atomic E-state index is 6.09. The van der Waals surface area contributed by atoms with Gasteiger partial charge in [-0.3, -0.25) is 0 Å². The van der Waals surface area contributed by atoms with E-state index in [9.17, 15) is 0 Å². The molecule has 0 atom stereocenters. The summed E-state index contributed by atoms with van der Waals surface area (Å²) in [6.07, 6.45) is 6.56. The molecule has 3 aliphatic rings. The van der Waals surface area contributed by atoms with Crippen molar-refractivity contribution in [2.45, 2.75) is 44.2 Å². The number of halogens is 1. The zero-order valence-corrected chi connectivity index (χ0v) is 14.5. The molecule has 0 unspecified atom stereocenters. The maximum absolute atomic E-state index is 6.09. The minimum absolute atomic E-state index is 0. The third-order valence-electron chi connectivity index (χ3n) is 4.65. The highest BCUT2D eigenvalue weighted by molar-refractivity contribution is 14.0. The van der Waals surface area contributed by atoms with E-state index in [0.29, 0.717) is 6.04 Å². The van der Waals surface area contributed by atoms with Gasteiger partial charge in [-0.15, -0.1) is 24.0 Å². The fourth-order valence-electron chi connectivity index (χ4n) is 3.31. The Hall–Kier alpha value is -0.0800. The lowest BCUT2D eigenvalue weighted by molar-refractivity contribution is 0.0658. The molecule has 6 heteroatoms. The molecule has 20 heavy (non-hydrogen) atoms. The molecule has 2 N–H and O–H groups in total. The quantitative estimate of drug-likeness (QED) is 0.436. The van der Waals surface area contributed by atoms with Gasteiger partial charge in [0.15, 0.2) is 5.96 Å². The molecule has 2 aliphatic heterocycles. The van der Waals surface area contributed by atoms with Crippen LogP contribution in [0.15, 0.2) is 4.99 Å². The largest absolute Gasteiger partial charge is 0.378 e. The van der Waals surface area contributed by atoms with E-state index in [1.54, 1.807) is 0 Å². The van der Waals surface area contributed by atoms with Crippen molar-refractivity contribution in [2.75, 3.05) is 39.4 Å². The van der Waals surface area contributed by atoms with Gasteiger partial charge >= 0.3 is 0 Å². The number of morpholine rings is 1. The van der Waals surface area contributed by atoms with Crippen LogP contribution < -0.4 is 5.73 Å². The van der Waals surface area contributed by atoms with Gasteiger partial charge in [-0.05, 0) is 38.8 Å². The first-order valence-electron chi connectivity index (χ1n) is 7.73. The van der Waals surface area contributed by atoms with Gasteiger partial charge in [0.1, 0.15) is 0 Å². The van der Waals surface area contributed by atoms with Crippen LogP contribution in [0.4, 0.5) is 0 Å².